The van der Waals surface area contributed by atoms with Gasteiger partial charge in [-0.3, -0.25) is 0 Å². The van der Waals surface area contributed by atoms with Crippen LogP contribution in [-0.2, 0) is 4.74 Å². The summed E-state index contributed by atoms with van der Waals surface area (Å²) in [5.74, 6) is 2.03. The molecule has 0 rings (SSSR count). The van der Waals surface area contributed by atoms with E-state index in [1.807, 2.05) is 18.8 Å². The second-order valence-electron chi connectivity index (χ2n) is 2.36. The Kier molecular flexibility index (Phi) is 8.68. The zero-order valence-electron chi connectivity index (χ0n) is 7.67. The Morgan fingerprint density at radius 2 is 2.33 bits per heavy atom. The second kappa shape index (κ2) is 8.85. The Morgan fingerprint density at radius 1 is 1.58 bits per heavy atom. The van der Waals surface area contributed by atoms with Crippen LogP contribution in [0.5, 0.6) is 0 Å². The molecule has 1 unspecified atom stereocenters. The van der Waals surface area contributed by atoms with Crippen molar-refractivity contribution in [1.29, 1.82) is 5.26 Å². The number of ether oxygens (including phenoxy) is 1. The predicted molar refractivity (Wildman–Crippen MR) is 52.3 cm³/mol. The number of nitrogens with zero attached hydrogens (tertiary/aromatic N) is 1. The lowest BCUT2D eigenvalue weighted by Gasteiger charge is -2.06. The number of hydrogen-bond donors (Lipinski definition) is 1. The minimum atomic E-state index is 0.0000416. The maximum Gasteiger partial charge on any atom is 0.0958 e. The van der Waals surface area contributed by atoms with E-state index in [1.165, 1.54) is 0 Å². The first-order valence-electron chi connectivity index (χ1n) is 3.98. The van der Waals surface area contributed by atoms with Gasteiger partial charge in [0.15, 0.2) is 0 Å². The molecule has 0 radical (unpaired) electrons. The largest absolute Gasteiger partial charge is 0.384 e. The van der Waals surface area contributed by atoms with Crippen LogP contribution < -0.4 is 5.32 Å². The number of nitriles is 1. The predicted octanol–water partition coefficient (Wildman–Crippen LogP) is 0.868. The molecule has 0 heterocycles. The fourth-order valence-corrected chi connectivity index (χ4v) is 1.61. The summed E-state index contributed by atoms with van der Waals surface area (Å²) in [6.07, 6.45) is 0.904. The first-order valence-corrected chi connectivity index (χ1v) is 5.14. The summed E-state index contributed by atoms with van der Waals surface area (Å²) in [7, 11) is 3.51. The van der Waals surface area contributed by atoms with Gasteiger partial charge in [0.1, 0.15) is 0 Å². The number of methoxy groups -OCH3 is 1. The minimum Gasteiger partial charge on any atom is -0.384 e. The van der Waals surface area contributed by atoms with E-state index in [9.17, 15) is 0 Å². The van der Waals surface area contributed by atoms with Crippen molar-refractivity contribution in [2.45, 2.75) is 12.5 Å². The van der Waals surface area contributed by atoms with Gasteiger partial charge in [-0.05, 0) is 19.2 Å². The highest BCUT2D eigenvalue weighted by Gasteiger charge is 2.01. The fraction of sp³-hybridized carbons (Fsp3) is 0.875. The van der Waals surface area contributed by atoms with Crippen molar-refractivity contribution in [2.75, 3.05) is 32.3 Å². The molecular formula is C8H16N2OS. The molecule has 0 fully saturated rings. The van der Waals surface area contributed by atoms with Crippen molar-refractivity contribution >= 4 is 11.8 Å². The summed E-state index contributed by atoms with van der Waals surface area (Å²) in [6.45, 7) is 0.793. The molecule has 0 aliphatic carbocycles. The molecular weight excluding hydrogens is 172 g/mol. The molecule has 0 bridgehead atoms. The number of hydrogen-bond acceptors (Lipinski definition) is 4. The maximum absolute atomic E-state index is 8.58. The van der Waals surface area contributed by atoms with E-state index in [4.69, 9.17) is 10.00 Å². The van der Waals surface area contributed by atoms with Crippen LogP contribution in [0.25, 0.3) is 0 Å². The summed E-state index contributed by atoms with van der Waals surface area (Å²) < 4.78 is 4.90. The highest BCUT2D eigenvalue weighted by molar-refractivity contribution is 7.99. The average molecular weight is 188 g/mol. The van der Waals surface area contributed by atoms with Gasteiger partial charge in [0.25, 0.3) is 0 Å². The summed E-state index contributed by atoms with van der Waals surface area (Å²) >= 11 is 1.82. The average Bonchev–Trinajstić information content (AvgIpc) is 2.11. The van der Waals surface area contributed by atoms with Gasteiger partial charge in [-0.2, -0.15) is 17.0 Å². The lowest BCUT2D eigenvalue weighted by Crippen LogP contribution is -2.23. The summed E-state index contributed by atoms with van der Waals surface area (Å²) in [5.41, 5.74) is 0. The quantitative estimate of drug-likeness (QED) is 0.602. The van der Waals surface area contributed by atoms with Crippen LogP contribution in [0.1, 0.15) is 6.42 Å². The van der Waals surface area contributed by atoms with Crippen molar-refractivity contribution in [3.63, 3.8) is 0 Å². The van der Waals surface area contributed by atoms with E-state index in [-0.39, 0.29) is 6.04 Å². The number of rotatable bonds is 7. The van der Waals surface area contributed by atoms with Gasteiger partial charge >= 0.3 is 0 Å². The van der Waals surface area contributed by atoms with Crippen molar-refractivity contribution in [1.82, 2.24) is 5.32 Å². The Hall–Kier alpha value is -0.240. The Balaban J connectivity index is 3.13. The molecule has 0 aromatic heterocycles. The molecule has 0 aromatic rings. The summed E-state index contributed by atoms with van der Waals surface area (Å²) in [4.78, 5) is 0. The third-order valence-corrected chi connectivity index (χ3v) is 2.47. The van der Waals surface area contributed by atoms with Crippen molar-refractivity contribution in [3.8, 4) is 6.07 Å². The van der Waals surface area contributed by atoms with E-state index in [0.717, 1.165) is 24.5 Å². The van der Waals surface area contributed by atoms with E-state index in [0.29, 0.717) is 0 Å². The van der Waals surface area contributed by atoms with E-state index in [2.05, 4.69) is 11.4 Å². The van der Waals surface area contributed by atoms with Gasteiger partial charge in [0.05, 0.1) is 18.7 Å². The molecule has 0 aliphatic rings. The molecule has 0 saturated carbocycles. The van der Waals surface area contributed by atoms with Gasteiger partial charge in [-0.25, -0.2) is 0 Å². The van der Waals surface area contributed by atoms with E-state index >= 15 is 0 Å². The van der Waals surface area contributed by atoms with Gasteiger partial charge in [0, 0.05) is 12.9 Å². The lowest BCUT2D eigenvalue weighted by molar-refractivity contribution is 0.218. The fourth-order valence-electron chi connectivity index (χ4n) is 0.719. The van der Waals surface area contributed by atoms with Crippen LogP contribution >= 0.6 is 11.8 Å². The van der Waals surface area contributed by atoms with Crippen LogP contribution in [0.4, 0.5) is 0 Å². The molecule has 70 valence electrons. The zero-order valence-corrected chi connectivity index (χ0v) is 8.49. The minimum absolute atomic E-state index is 0.0000416. The van der Waals surface area contributed by atoms with Crippen LogP contribution in [-0.4, -0.2) is 38.3 Å². The molecule has 12 heavy (non-hydrogen) atoms. The van der Waals surface area contributed by atoms with E-state index < -0.39 is 0 Å². The number of nitrogens with one attached hydrogen (secondary N) is 1. The van der Waals surface area contributed by atoms with Gasteiger partial charge in [-0.15, -0.1) is 0 Å². The molecule has 4 heteroatoms. The second-order valence-corrected chi connectivity index (χ2v) is 3.59. The third-order valence-electron chi connectivity index (χ3n) is 1.49. The van der Waals surface area contributed by atoms with Crippen molar-refractivity contribution in [3.05, 3.63) is 0 Å². The summed E-state index contributed by atoms with van der Waals surface area (Å²) in [5, 5.41) is 11.5. The first-order chi connectivity index (χ1) is 5.85. The number of thioether (sulfide) groups is 1. The molecule has 0 saturated heterocycles. The molecule has 1 N–H and O–H groups in total. The van der Waals surface area contributed by atoms with Crippen LogP contribution in [0.15, 0.2) is 0 Å². The normalized spacial score (nSPS) is 12.4. The van der Waals surface area contributed by atoms with Crippen LogP contribution in [0.3, 0.4) is 0 Å². The van der Waals surface area contributed by atoms with Crippen molar-refractivity contribution < 1.29 is 4.74 Å². The Morgan fingerprint density at radius 3 is 2.83 bits per heavy atom. The molecule has 0 spiro atoms. The molecule has 0 amide bonds. The van der Waals surface area contributed by atoms with Crippen molar-refractivity contribution in [2.24, 2.45) is 0 Å². The molecule has 3 nitrogen and oxygen atoms in total. The topological polar surface area (TPSA) is 45.0 Å². The molecule has 0 aromatic carbocycles. The van der Waals surface area contributed by atoms with Crippen LogP contribution in [0, 0.1) is 11.3 Å². The Bertz CT molecular complexity index is 136. The third kappa shape index (κ3) is 6.47. The van der Waals surface area contributed by atoms with Gasteiger partial charge in [-0.1, -0.05) is 0 Å². The highest BCUT2D eigenvalue weighted by Crippen LogP contribution is 2.03. The molecule has 1 atom stereocenters. The van der Waals surface area contributed by atoms with E-state index in [1.54, 1.807) is 7.11 Å². The maximum atomic E-state index is 8.58. The Labute approximate surface area is 78.5 Å². The smallest absolute Gasteiger partial charge is 0.0958 e. The first kappa shape index (κ1) is 11.8. The monoisotopic (exact) mass is 188 g/mol. The molecule has 0 aliphatic heterocycles. The van der Waals surface area contributed by atoms with Gasteiger partial charge in [0.2, 0.25) is 0 Å². The summed E-state index contributed by atoms with van der Waals surface area (Å²) in [6, 6.07) is 2.19. The lowest BCUT2D eigenvalue weighted by atomic mass is 10.3. The van der Waals surface area contributed by atoms with Crippen LogP contribution in [0.2, 0.25) is 0 Å². The highest BCUT2D eigenvalue weighted by atomic mass is 32.2. The van der Waals surface area contributed by atoms with Gasteiger partial charge < -0.3 is 10.1 Å². The zero-order chi connectivity index (χ0) is 9.23. The SMILES string of the molecule is CNC(C#N)CCSCCOC. The standard InChI is InChI=1S/C8H16N2OS/c1-10-8(7-9)3-5-12-6-4-11-2/h8,10H,3-6H2,1-2H3.